The van der Waals surface area contributed by atoms with Gasteiger partial charge < -0.3 is 10.2 Å². The summed E-state index contributed by atoms with van der Waals surface area (Å²) in [4.78, 5) is 10.9. The molecule has 4 nitrogen and oxygen atoms in total. The van der Waals surface area contributed by atoms with E-state index in [2.05, 4.69) is 9.98 Å². The Labute approximate surface area is 239 Å². The molecular formula is C28H24N2Ni2O2S2. The molecule has 0 heterocycles. The van der Waals surface area contributed by atoms with Crippen LogP contribution in [0.3, 0.4) is 0 Å². The molecule has 0 unspecified atom stereocenters. The van der Waals surface area contributed by atoms with Crippen molar-refractivity contribution in [2.45, 2.75) is 22.9 Å². The standard InChI is InChI=1S/C28H24N2O2S2.2Ni/c31-27-13-11-25(15-23(27)19-29-17-21-7-3-1-4-8-21)33-34-26-12-14-28(32)24(16-26)20-30-18-22-9-5-2-6-10-22;;/h1-16,19-20,31-32H,17-18H2;;. The molecule has 0 aliphatic heterocycles. The minimum atomic E-state index is 0. The molecule has 0 aliphatic rings. The van der Waals surface area contributed by atoms with Crippen LogP contribution in [0.4, 0.5) is 0 Å². The molecule has 4 aromatic rings. The van der Waals surface area contributed by atoms with Gasteiger partial charge in [0.2, 0.25) is 0 Å². The predicted molar refractivity (Wildman–Crippen MR) is 143 cm³/mol. The van der Waals surface area contributed by atoms with Crippen LogP contribution in [0.15, 0.2) is 117 Å². The fraction of sp³-hybridized carbons (Fsp3) is 0.0714. The Hall–Kier alpha value is -2.49. The van der Waals surface area contributed by atoms with Crippen molar-refractivity contribution in [3.8, 4) is 11.5 Å². The molecule has 36 heavy (non-hydrogen) atoms. The zero-order valence-corrected chi connectivity index (χ0v) is 22.7. The van der Waals surface area contributed by atoms with Gasteiger partial charge in [-0.15, -0.1) is 0 Å². The molecule has 0 atom stereocenters. The van der Waals surface area contributed by atoms with E-state index >= 15 is 0 Å². The molecule has 4 aromatic carbocycles. The van der Waals surface area contributed by atoms with Crippen LogP contribution in [0.1, 0.15) is 22.3 Å². The normalized spacial score (nSPS) is 10.8. The maximum Gasteiger partial charge on any atom is 0.124 e. The molecule has 0 aliphatic carbocycles. The summed E-state index contributed by atoms with van der Waals surface area (Å²) in [6.45, 7) is 1.13. The molecule has 0 saturated heterocycles. The zero-order chi connectivity index (χ0) is 23.6. The Morgan fingerprint density at radius 3 is 1.33 bits per heavy atom. The van der Waals surface area contributed by atoms with E-state index in [4.69, 9.17) is 0 Å². The number of rotatable bonds is 9. The monoisotopic (exact) mass is 600 g/mol. The second-order valence-electron chi connectivity index (χ2n) is 7.52. The van der Waals surface area contributed by atoms with Gasteiger partial charge in [0.15, 0.2) is 0 Å². The SMILES string of the molecule is Oc1ccc(SSc2ccc(O)c(C=NCc3ccccc3)c2)cc1C=NCc1ccccc1.[Ni].[Ni]. The topological polar surface area (TPSA) is 65.2 Å². The van der Waals surface area contributed by atoms with Crippen LogP contribution in [-0.2, 0) is 46.1 Å². The molecule has 2 N–H and O–H groups in total. The minimum absolute atomic E-state index is 0. The molecule has 0 amide bonds. The van der Waals surface area contributed by atoms with E-state index in [1.165, 1.54) is 0 Å². The third-order valence-electron chi connectivity index (χ3n) is 4.93. The first-order chi connectivity index (χ1) is 16.7. The van der Waals surface area contributed by atoms with Crippen LogP contribution in [-0.4, -0.2) is 22.6 Å². The molecule has 0 bridgehead atoms. The van der Waals surface area contributed by atoms with Gasteiger partial charge in [0.1, 0.15) is 11.5 Å². The average Bonchev–Trinajstić information content (AvgIpc) is 2.87. The Bertz CT molecular complexity index is 1190. The van der Waals surface area contributed by atoms with Gasteiger partial charge in [-0.25, -0.2) is 0 Å². The van der Waals surface area contributed by atoms with Gasteiger partial charge in [0.05, 0.1) is 13.1 Å². The predicted octanol–water partition coefficient (Wildman–Crippen LogP) is 7.13. The van der Waals surface area contributed by atoms with E-state index in [1.54, 1.807) is 46.1 Å². The number of benzene rings is 4. The van der Waals surface area contributed by atoms with Crippen LogP contribution in [0.5, 0.6) is 11.5 Å². The van der Waals surface area contributed by atoms with Gasteiger partial charge in [-0.1, -0.05) is 82.3 Å². The molecule has 8 heteroatoms. The van der Waals surface area contributed by atoms with Crippen molar-refractivity contribution in [3.63, 3.8) is 0 Å². The zero-order valence-electron chi connectivity index (χ0n) is 19.0. The Morgan fingerprint density at radius 1 is 0.556 bits per heavy atom. The Morgan fingerprint density at radius 2 is 0.944 bits per heavy atom. The largest absolute Gasteiger partial charge is 0.507 e. The van der Waals surface area contributed by atoms with Crippen molar-refractivity contribution in [1.82, 2.24) is 0 Å². The van der Waals surface area contributed by atoms with Crippen molar-refractivity contribution in [2.24, 2.45) is 9.98 Å². The van der Waals surface area contributed by atoms with Crippen molar-refractivity contribution in [2.75, 3.05) is 0 Å². The number of hydrogen-bond donors (Lipinski definition) is 2. The van der Waals surface area contributed by atoms with Crippen molar-refractivity contribution >= 4 is 34.0 Å². The van der Waals surface area contributed by atoms with E-state index in [0.29, 0.717) is 24.2 Å². The average molecular weight is 602 g/mol. The summed E-state index contributed by atoms with van der Waals surface area (Å²) in [5.41, 5.74) is 3.60. The Balaban J connectivity index is 0.00000228. The smallest absolute Gasteiger partial charge is 0.124 e. The number of nitrogens with zero attached hydrogens (tertiary/aromatic N) is 2. The second kappa shape index (κ2) is 15.6. The van der Waals surface area contributed by atoms with E-state index in [0.717, 1.165) is 20.9 Å². The summed E-state index contributed by atoms with van der Waals surface area (Å²) in [6, 6.07) is 31.0. The molecule has 0 saturated carbocycles. The third-order valence-corrected chi connectivity index (χ3v) is 7.31. The van der Waals surface area contributed by atoms with Crippen LogP contribution in [0, 0.1) is 0 Å². The second-order valence-corrected chi connectivity index (χ2v) is 9.79. The maximum absolute atomic E-state index is 10.2. The number of hydrogen-bond acceptors (Lipinski definition) is 6. The van der Waals surface area contributed by atoms with Gasteiger partial charge in [-0.05, 0) is 47.5 Å². The van der Waals surface area contributed by atoms with Gasteiger partial charge in [0, 0.05) is 66.3 Å². The summed E-state index contributed by atoms with van der Waals surface area (Å²) in [5, 5.41) is 20.4. The molecular weight excluding hydrogens is 578 g/mol. The fourth-order valence-electron chi connectivity index (χ4n) is 3.14. The number of aliphatic imine (C=N–C) groups is 2. The van der Waals surface area contributed by atoms with Crippen molar-refractivity contribution < 1.29 is 43.2 Å². The first-order valence-corrected chi connectivity index (χ1v) is 12.9. The van der Waals surface area contributed by atoms with Crippen LogP contribution < -0.4 is 0 Å². The summed E-state index contributed by atoms with van der Waals surface area (Å²) < 4.78 is 0. The molecule has 4 rings (SSSR count). The third kappa shape index (κ3) is 9.18. The molecule has 190 valence electrons. The molecule has 0 radical (unpaired) electrons. The molecule has 0 fully saturated rings. The fourth-order valence-corrected chi connectivity index (χ4v) is 5.13. The summed E-state index contributed by atoms with van der Waals surface area (Å²) in [6.07, 6.45) is 3.41. The van der Waals surface area contributed by atoms with Crippen LogP contribution in [0.25, 0.3) is 0 Å². The number of aromatic hydroxyl groups is 2. The first-order valence-electron chi connectivity index (χ1n) is 10.8. The minimum Gasteiger partial charge on any atom is -0.507 e. The number of phenols is 2. The summed E-state index contributed by atoms with van der Waals surface area (Å²) in [7, 11) is 3.16. The van der Waals surface area contributed by atoms with Gasteiger partial charge in [0.25, 0.3) is 0 Å². The van der Waals surface area contributed by atoms with Crippen molar-refractivity contribution in [3.05, 3.63) is 119 Å². The first kappa shape index (κ1) is 29.7. The van der Waals surface area contributed by atoms with E-state index in [-0.39, 0.29) is 44.5 Å². The van der Waals surface area contributed by atoms with E-state index < -0.39 is 0 Å². The quantitative estimate of drug-likeness (QED) is 0.122. The van der Waals surface area contributed by atoms with E-state index in [9.17, 15) is 10.2 Å². The maximum atomic E-state index is 10.2. The van der Waals surface area contributed by atoms with Gasteiger partial charge in [-0.2, -0.15) is 0 Å². The van der Waals surface area contributed by atoms with Crippen LogP contribution in [0.2, 0.25) is 0 Å². The van der Waals surface area contributed by atoms with Gasteiger partial charge >= 0.3 is 0 Å². The van der Waals surface area contributed by atoms with E-state index in [1.807, 2.05) is 84.9 Å². The summed E-state index contributed by atoms with van der Waals surface area (Å²) in [5.74, 6) is 0.403. The molecule has 0 spiro atoms. The van der Waals surface area contributed by atoms with Crippen LogP contribution >= 0.6 is 21.6 Å². The summed E-state index contributed by atoms with van der Waals surface area (Å²) >= 11 is 0. The number of phenolic OH excluding ortho intramolecular Hbond substituents is 2. The van der Waals surface area contributed by atoms with Crippen molar-refractivity contribution in [1.29, 1.82) is 0 Å². The molecule has 0 aromatic heterocycles. The van der Waals surface area contributed by atoms with Gasteiger partial charge in [-0.3, -0.25) is 9.98 Å². The Kier molecular flexibility index (Phi) is 12.9.